The number of carbonyl (C=O) groups excluding carboxylic acids is 2. The fourth-order valence-corrected chi connectivity index (χ4v) is 5.00. The van der Waals surface area contributed by atoms with Gasteiger partial charge in [-0.05, 0) is 72.8 Å². The molecule has 0 bridgehead atoms. The Morgan fingerprint density at radius 1 is 0.939 bits per heavy atom. The van der Waals surface area contributed by atoms with Crippen molar-refractivity contribution in [3.63, 3.8) is 0 Å². The molecule has 33 heavy (non-hydrogen) atoms. The number of aromatic hydroxyl groups is 1. The van der Waals surface area contributed by atoms with Gasteiger partial charge in [0.2, 0.25) is 0 Å². The molecule has 1 aliphatic heterocycles. The van der Waals surface area contributed by atoms with Gasteiger partial charge in [-0.15, -0.1) is 11.3 Å². The first-order chi connectivity index (χ1) is 16.0. The Morgan fingerprint density at radius 2 is 1.64 bits per heavy atom. The normalized spacial score (nSPS) is 13.8. The predicted octanol–water partition coefficient (Wildman–Crippen LogP) is 4.57. The zero-order valence-corrected chi connectivity index (χ0v) is 19.8. The highest BCUT2D eigenvalue weighted by Crippen LogP contribution is 2.29. The summed E-state index contributed by atoms with van der Waals surface area (Å²) in [6, 6.07) is 16.7. The maximum atomic E-state index is 13.0. The van der Waals surface area contributed by atoms with Crippen molar-refractivity contribution in [1.29, 1.82) is 0 Å². The molecule has 0 atom stereocenters. The summed E-state index contributed by atoms with van der Waals surface area (Å²) in [7, 11) is 0. The molecule has 2 heterocycles. The maximum absolute atomic E-state index is 13.0. The standard InChI is InChI=1S/C26H29N3O3S/c1-3-27(4-2)25(31)19-8-10-22(11-9-19)28-12-14-29(15-13-28)26(32)24-17-21(18-33-24)20-6-5-7-23(30)16-20/h5-11,16-18,30H,3-4,12-15H2,1-2H3. The van der Waals surface area contributed by atoms with E-state index in [-0.39, 0.29) is 17.6 Å². The lowest BCUT2D eigenvalue weighted by Crippen LogP contribution is -2.48. The summed E-state index contributed by atoms with van der Waals surface area (Å²) in [5.74, 6) is 0.322. The van der Waals surface area contributed by atoms with Gasteiger partial charge < -0.3 is 19.8 Å². The van der Waals surface area contributed by atoms with E-state index in [0.717, 1.165) is 29.9 Å². The van der Waals surface area contributed by atoms with Gasteiger partial charge in [0.15, 0.2) is 0 Å². The summed E-state index contributed by atoms with van der Waals surface area (Å²) in [5, 5.41) is 11.7. The van der Waals surface area contributed by atoms with Crippen LogP contribution in [0.15, 0.2) is 60.0 Å². The van der Waals surface area contributed by atoms with Gasteiger partial charge in [-0.1, -0.05) is 12.1 Å². The van der Waals surface area contributed by atoms with Crippen molar-refractivity contribution < 1.29 is 14.7 Å². The first-order valence-electron chi connectivity index (χ1n) is 11.3. The number of anilines is 1. The lowest BCUT2D eigenvalue weighted by atomic mass is 10.1. The number of amides is 2. The molecule has 6 nitrogen and oxygen atoms in total. The van der Waals surface area contributed by atoms with Gasteiger partial charge >= 0.3 is 0 Å². The number of phenolic OH excluding ortho intramolecular Hbond substituents is 1. The molecule has 2 amide bonds. The van der Waals surface area contributed by atoms with Crippen molar-refractivity contribution in [2.45, 2.75) is 13.8 Å². The first-order valence-corrected chi connectivity index (χ1v) is 12.2. The lowest BCUT2D eigenvalue weighted by Gasteiger charge is -2.36. The average Bonchev–Trinajstić information content (AvgIpc) is 3.35. The fourth-order valence-electron chi connectivity index (χ4n) is 4.12. The second kappa shape index (κ2) is 10.1. The number of rotatable bonds is 6. The third-order valence-corrected chi connectivity index (χ3v) is 7.00. The van der Waals surface area contributed by atoms with Crippen LogP contribution >= 0.6 is 11.3 Å². The van der Waals surface area contributed by atoms with E-state index in [1.54, 1.807) is 18.2 Å². The highest BCUT2D eigenvalue weighted by atomic mass is 32.1. The van der Waals surface area contributed by atoms with Crippen molar-refractivity contribution in [3.8, 4) is 16.9 Å². The minimum atomic E-state index is 0.0474. The summed E-state index contributed by atoms with van der Waals surface area (Å²) in [4.78, 5) is 32.2. The molecule has 0 saturated carbocycles. The highest BCUT2D eigenvalue weighted by molar-refractivity contribution is 7.12. The number of benzene rings is 2. The number of phenols is 1. The smallest absolute Gasteiger partial charge is 0.264 e. The third kappa shape index (κ3) is 5.03. The van der Waals surface area contributed by atoms with Crippen LogP contribution in [0, 0.1) is 0 Å². The van der Waals surface area contributed by atoms with E-state index in [0.29, 0.717) is 36.6 Å². The van der Waals surface area contributed by atoms with E-state index in [9.17, 15) is 14.7 Å². The summed E-state index contributed by atoms with van der Waals surface area (Å²) in [6.45, 7) is 8.18. The highest BCUT2D eigenvalue weighted by Gasteiger charge is 2.24. The van der Waals surface area contributed by atoms with Crippen molar-refractivity contribution >= 4 is 28.8 Å². The Labute approximate surface area is 198 Å². The van der Waals surface area contributed by atoms with Gasteiger partial charge in [-0.3, -0.25) is 9.59 Å². The monoisotopic (exact) mass is 463 g/mol. The summed E-state index contributed by atoms with van der Waals surface area (Å²) in [6.07, 6.45) is 0. The van der Waals surface area contributed by atoms with E-state index in [1.165, 1.54) is 11.3 Å². The molecule has 0 unspecified atom stereocenters. The molecular weight excluding hydrogens is 434 g/mol. The molecule has 2 aromatic carbocycles. The average molecular weight is 464 g/mol. The number of piperazine rings is 1. The number of nitrogens with zero attached hydrogens (tertiary/aromatic N) is 3. The van der Waals surface area contributed by atoms with Gasteiger partial charge in [-0.2, -0.15) is 0 Å². The number of thiophene rings is 1. The van der Waals surface area contributed by atoms with E-state index in [4.69, 9.17) is 0 Å². The lowest BCUT2D eigenvalue weighted by molar-refractivity contribution is 0.0748. The second-order valence-corrected chi connectivity index (χ2v) is 8.96. The Hall–Kier alpha value is -3.32. The molecule has 172 valence electrons. The van der Waals surface area contributed by atoms with Crippen LogP contribution < -0.4 is 4.90 Å². The van der Waals surface area contributed by atoms with E-state index in [2.05, 4.69) is 4.90 Å². The Balaban J connectivity index is 1.36. The molecule has 0 radical (unpaired) electrons. The molecule has 1 N–H and O–H groups in total. The van der Waals surface area contributed by atoms with Crippen LogP contribution in [0.25, 0.3) is 11.1 Å². The second-order valence-electron chi connectivity index (χ2n) is 8.05. The van der Waals surface area contributed by atoms with Gasteiger partial charge in [0.1, 0.15) is 5.75 Å². The molecular formula is C26H29N3O3S. The molecule has 7 heteroatoms. The maximum Gasteiger partial charge on any atom is 0.264 e. The van der Waals surface area contributed by atoms with Gasteiger partial charge in [-0.25, -0.2) is 0 Å². The molecule has 1 aromatic heterocycles. The van der Waals surface area contributed by atoms with Gasteiger partial charge in [0.05, 0.1) is 4.88 Å². The SMILES string of the molecule is CCN(CC)C(=O)c1ccc(N2CCN(C(=O)c3cc(-c4cccc(O)c4)cs3)CC2)cc1. The quantitative estimate of drug-likeness (QED) is 0.582. The van der Waals surface area contributed by atoms with Crippen LogP contribution in [0.3, 0.4) is 0 Å². The molecule has 0 spiro atoms. The Bertz CT molecular complexity index is 1110. The zero-order chi connectivity index (χ0) is 23.4. The topological polar surface area (TPSA) is 64.1 Å². The first kappa shape index (κ1) is 22.9. The van der Waals surface area contributed by atoms with E-state index < -0.39 is 0 Å². The van der Waals surface area contributed by atoms with Gasteiger partial charge in [0.25, 0.3) is 11.8 Å². The van der Waals surface area contributed by atoms with Crippen molar-refractivity contribution in [3.05, 3.63) is 70.4 Å². The van der Waals surface area contributed by atoms with E-state index in [1.807, 2.05) is 65.4 Å². The molecule has 1 saturated heterocycles. The predicted molar refractivity (Wildman–Crippen MR) is 133 cm³/mol. The van der Waals surface area contributed by atoms with Crippen LogP contribution in [-0.4, -0.2) is 66.0 Å². The largest absolute Gasteiger partial charge is 0.508 e. The number of hydrogen-bond donors (Lipinski definition) is 1. The van der Waals surface area contributed by atoms with Gasteiger partial charge in [0, 0.05) is 50.5 Å². The minimum Gasteiger partial charge on any atom is -0.508 e. The van der Waals surface area contributed by atoms with Crippen LogP contribution in [-0.2, 0) is 0 Å². The van der Waals surface area contributed by atoms with Crippen molar-refractivity contribution in [2.75, 3.05) is 44.2 Å². The summed E-state index contributed by atoms with van der Waals surface area (Å²) >= 11 is 1.44. The Kier molecular flexibility index (Phi) is 6.99. The summed E-state index contributed by atoms with van der Waals surface area (Å²) < 4.78 is 0. The summed E-state index contributed by atoms with van der Waals surface area (Å²) in [5.41, 5.74) is 3.62. The molecule has 1 fully saturated rings. The van der Waals surface area contributed by atoms with Crippen LogP contribution in [0.4, 0.5) is 5.69 Å². The Morgan fingerprint density at radius 3 is 2.27 bits per heavy atom. The fraction of sp³-hybridized carbons (Fsp3) is 0.308. The molecule has 3 aromatic rings. The molecule has 1 aliphatic rings. The van der Waals surface area contributed by atoms with E-state index >= 15 is 0 Å². The van der Waals surface area contributed by atoms with Crippen LogP contribution in [0.5, 0.6) is 5.75 Å². The van der Waals surface area contributed by atoms with Crippen LogP contribution in [0.2, 0.25) is 0 Å². The van der Waals surface area contributed by atoms with Crippen LogP contribution in [0.1, 0.15) is 33.9 Å². The number of hydrogen-bond acceptors (Lipinski definition) is 5. The third-order valence-electron chi connectivity index (χ3n) is 6.09. The number of carbonyl (C=O) groups is 2. The zero-order valence-electron chi connectivity index (χ0n) is 19.0. The molecule has 0 aliphatic carbocycles. The minimum absolute atomic E-state index is 0.0474. The molecule has 4 rings (SSSR count). The van der Waals surface area contributed by atoms with Crippen molar-refractivity contribution in [2.24, 2.45) is 0 Å². The van der Waals surface area contributed by atoms with Crippen molar-refractivity contribution in [1.82, 2.24) is 9.80 Å².